The van der Waals surface area contributed by atoms with E-state index in [-0.39, 0.29) is 24.0 Å². The Balaban J connectivity index is 1.95. The minimum Gasteiger partial charge on any atom is -0.481 e. The number of carboxylic acids is 1. The zero-order valence-electron chi connectivity index (χ0n) is 13.1. The van der Waals surface area contributed by atoms with E-state index in [9.17, 15) is 18.0 Å². The molecule has 0 aromatic heterocycles. The van der Waals surface area contributed by atoms with Gasteiger partial charge >= 0.3 is 5.97 Å². The number of carbonyl (C=O) groups excluding carboxylic acids is 1. The van der Waals surface area contributed by atoms with Crippen LogP contribution in [0.5, 0.6) is 0 Å². The average molecular weight is 339 g/mol. The number of hydrogen-bond acceptors (Lipinski definition) is 4. The van der Waals surface area contributed by atoms with Gasteiger partial charge in [-0.1, -0.05) is 12.1 Å². The van der Waals surface area contributed by atoms with Crippen LogP contribution in [0, 0.1) is 5.92 Å². The predicted molar refractivity (Wildman–Crippen MR) is 85.9 cm³/mol. The predicted octanol–water partition coefficient (Wildman–Crippen LogP) is 1.56. The smallest absolute Gasteiger partial charge is 0.303 e. The molecule has 1 aromatic carbocycles. The summed E-state index contributed by atoms with van der Waals surface area (Å²) in [7, 11) is -3.09. The van der Waals surface area contributed by atoms with E-state index in [1.165, 1.54) is 6.26 Å². The SMILES string of the molecule is CS(=O)(=O)Cc1ccc(C(=O)N2CCC(CC(=O)O)CC2)cc1. The number of sulfone groups is 1. The number of amides is 1. The van der Waals surface area contributed by atoms with Gasteiger partial charge in [-0.3, -0.25) is 9.59 Å². The Bertz CT molecular complexity index is 673. The molecule has 6 nitrogen and oxygen atoms in total. The molecule has 0 unspecified atom stereocenters. The lowest BCUT2D eigenvalue weighted by molar-refractivity contribution is -0.138. The van der Waals surface area contributed by atoms with Crippen LogP contribution in [0.3, 0.4) is 0 Å². The van der Waals surface area contributed by atoms with Crippen molar-refractivity contribution in [2.24, 2.45) is 5.92 Å². The van der Waals surface area contributed by atoms with Crippen molar-refractivity contribution in [1.29, 1.82) is 0 Å². The van der Waals surface area contributed by atoms with Crippen molar-refractivity contribution in [2.45, 2.75) is 25.0 Å². The van der Waals surface area contributed by atoms with Crippen molar-refractivity contribution >= 4 is 21.7 Å². The summed E-state index contributed by atoms with van der Waals surface area (Å²) in [6, 6.07) is 6.61. The highest BCUT2D eigenvalue weighted by atomic mass is 32.2. The first-order valence-corrected chi connectivity index (χ1v) is 9.58. The van der Waals surface area contributed by atoms with Gasteiger partial charge in [0, 0.05) is 31.3 Å². The lowest BCUT2D eigenvalue weighted by Gasteiger charge is -2.31. The molecule has 0 radical (unpaired) electrons. The van der Waals surface area contributed by atoms with E-state index in [2.05, 4.69) is 0 Å². The average Bonchev–Trinajstić information content (AvgIpc) is 2.46. The molecule has 0 bridgehead atoms. The van der Waals surface area contributed by atoms with Crippen LogP contribution in [0.4, 0.5) is 0 Å². The van der Waals surface area contributed by atoms with Crippen molar-refractivity contribution in [2.75, 3.05) is 19.3 Å². The second kappa shape index (κ2) is 7.12. The number of carbonyl (C=O) groups is 2. The fourth-order valence-electron chi connectivity index (χ4n) is 2.82. The molecular weight excluding hydrogens is 318 g/mol. The first-order chi connectivity index (χ1) is 10.7. The summed E-state index contributed by atoms with van der Waals surface area (Å²) in [4.78, 5) is 24.9. The van der Waals surface area contributed by atoms with Gasteiger partial charge in [0.1, 0.15) is 0 Å². The molecule has 1 amide bonds. The molecule has 0 atom stereocenters. The molecule has 1 N–H and O–H groups in total. The fraction of sp³-hybridized carbons (Fsp3) is 0.500. The van der Waals surface area contributed by atoms with E-state index >= 15 is 0 Å². The molecular formula is C16H21NO5S. The first kappa shape index (κ1) is 17.5. The number of hydrogen-bond donors (Lipinski definition) is 1. The summed E-state index contributed by atoms with van der Waals surface area (Å²) >= 11 is 0. The highest BCUT2D eigenvalue weighted by Gasteiger charge is 2.24. The molecule has 126 valence electrons. The lowest BCUT2D eigenvalue weighted by Crippen LogP contribution is -2.38. The molecule has 7 heteroatoms. The molecule has 0 aliphatic carbocycles. The van der Waals surface area contributed by atoms with Gasteiger partial charge in [-0.15, -0.1) is 0 Å². The minimum absolute atomic E-state index is 0.0396. The Kier molecular flexibility index (Phi) is 5.41. The molecule has 1 aliphatic heterocycles. The molecule has 0 spiro atoms. The number of carboxylic acid groups (broad SMARTS) is 1. The molecule has 23 heavy (non-hydrogen) atoms. The van der Waals surface area contributed by atoms with Crippen LogP contribution in [0.25, 0.3) is 0 Å². The second-order valence-electron chi connectivity index (χ2n) is 6.10. The van der Waals surface area contributed by atoms with E-state index < -0.39 is 15.8 Å². The maximum absolute atomic E-state index is 12.4. The number of aliphatic carboxylic acids is 1. The van der Waals surface area contributed by atoms with Crippen LogP contribution in [-0.4, -0.2) is 49.6 Å². The van der Waals surface area contributed by atoms with Crippen LogP contribution in [-0.2, 0) is 20.4 Å². The molecule has 1 heterocycles. The molecule has 1 fully saturated rings. The van der Waals surface area contributed by atoms with Crippen LogP contribution in [0.1, 0.15) is 35.2 Å². The summed E-state index contributed by atoms with van der Waals surface area (Å²) in [5.74, 6) is -0.795. The van der Waals surface area contributed by atoms with Crippen molar-refractivity contribution < 1.29 is 23.1 Å². The third-order valence-electron chi connectivity index (χ3n) is 3.99. The molecule has 0 saturated carbocycles. The van der Waals surface area contributed by atoms with Crippen molar-refractivity contribution in [3.05, 3.63) is 35.4 Å². The number of nitrogens with zero attached hydrogens (tertiary/aromatic N) is 1. The van der Waals surface area contributed by atoms with E-state index in [0.29, 0.717) is 37.1 Å². The minimum atomic E-state index is -3.09. The normalized spacial score (nSPS) is 16.3. The van der Waals surface area contributed by atoms with Gasteiger partial charge in [0.05, 0.1) is 5.75 Å². The number of likely N-dealkylation sites (tertiary alicyclic amines) is 1. The van der Waals surface area contributed by atoms with Gasteiger partial charge in [-0.2, -0.15) is 0 Å². The van der Waals surface area contributed by atoms with E-state index in [4.69, 9.17) is 5.11 Å². The number of piperidine rings is 1. The van der Waals surface area contributed by atoms with Gasteiger partial charge in [0.2, 0.25) is 0 Å². The zero-order chi connectivity index (χ0) is 17.0. The highest BCUT2D eigenvalue weighted by molar-refractivity contribution is 7.89. The van der Waals surface area contributed by atoms with E-state index in [1.54, 1.807) is 29.2 Å². The molecule has 1 aromatic rings. The summed E-state index contributed by atoms with van der Waals surface area (Å²) in [5, 5.41) is 8.80. The largest absolute Gasteiger partial charge is 0.481 e. The summed E-state index contributed by atoms with van der Waals surface area (Å²) in [6.07, 6.45) is 2.73. The van der Waals surface area contributed by atoms with Gasteiger partial charge in [-0.05, 0) is 36.5 Å². The maximum atomic E-state index is 12.4. The standard InChI is InChI=1S/C16H21NO5S/c1-23(21,22)11-13-2-4-14(5-3-13)16(20)17-8-6-12(7-9-17)10-15(18)19/h2-5,12H,6-11H2,1H3,(H,18,19). The van der Waals surface area contributed by atoms with Crippen LogP contribution in [0.15, 0.2) is 24.3 Å². The van der Waals surface area contributed by atoms with Crippen molar-refractivity contribution in [3.8, 4) is 0 Å². The molecule has 2 rings (SSSR count). The number of benzene rings is 1. The topological polar surface area (TPSA) is 91.8 Å². The lowest BCUT2D eigenvalue weighted by atomic mass is 9.93. The Hall–Kier alpha value is -1.89. The quantitative estimate of drug-likeness (QED) is 0.879. The van der Waals surface area contributed by atoms with E-state index in [1.807, 2.05) is 0 Å². The first-order valence-electron chi connectivity index (χ1n) is 7.52. The Morgan fingerprint density at radius 3 is 2.22 bits per heavy atom. The van der Waals surface area contributed by atoms with Crippen LogP contribution >= 0.6 is 0 Å². The Morgan fingerprint density at radius 2 is 1.74 bits per heavy atom. The summed E-state index contributed by atoms with van der Waals surface area (Å²) < 4.78 is 22.5. The Labute approximate surface area is 136 Å². The summed E-state index contributed by atoms with van der Waals surface area (Å²) in [5.41, 5.74) is 1.18. The third kappa shape index (κ3) is 5.35. The van der Waals surface area contributed by atoms with Gasteiger partial charge < -0.3 is 10.0 Å². The van der Waals surface area contributed by atoms with Gasteiger partial charge in [0.15, 0.2) is 9.84 Å². The number of rotatable bonds is 5. The van der Waals surface area contributed by atoms with Crippen molar-refractivity contribution in [3.63, 3.8) is 0 Å². The Morgan fingerprint density at radius 1 is 1.17 bits per heavy atom. The molecule has 1 aliphatic rings. The zero-order valence-corrected chi connectivity index (χ0v) is 13.9. The van der Waals surface area contributed by atoms with Crippen molar-refractivity contribution in [1.82, 2.24) is 4.90 Å². The van der Waals surface area contributed by atoms with Gasteiger partial charge in [-0.25, -0.2) is 8.42 Å². The maximum Gasteiger partial charge on any atom is 0.303 e. The van der Waals surface area contributed by atoms with Crippen LogP contribution < -0.4 is 0 Å². The second-order valence-corrected chi connectivity index (χ2v) is 8.24. The monoisotopic (exact) mass is 339 g/mol. The van der Waals surface area contributed by atoms with E-state index in [0.717, 1.165) is 0 Å². The van der Waals surface area contributed by atoms with Crippen LogP contribution in [0.2, 0.25) is 0 Å². The fourth-order valence-corrected chi connectivity index (χ4v) is 3.61. The molecule has 1 saturated heterocycles. The highest BCUT2D eigenvalue weighted by Crippen LogP contribution is 2.22. The van der Waals surface area contributed by atoms with Gasteiger partial charge in [0.25, 0.3) is 5.91 Å². The summed E-state index contributed by atoms with van der Waals surface area (Å²) in [6.45, 7) is 1.11. The third-order valence-corrected chi connectivity index (χ3v) is 4.85.